The molecule has 0 aliphatic carbocycles. The van der Waals surface area contributed by atoms with Gasteiger partial charge in [-0.05, 0) is 42.7 Å². The molecule has 0 spiro atoms. The summed E-state index contributed by atoms with van der Waals surface area (Å²) in [6, 6.07) is 11.3. The molecule has 19 heavy (non-hydrogen) atoms. The number of anilines is 1. The second-order valence-corrected chi connectivity index (χ2v) is 4.49. The van der Waals surface area contributed by atoms with Crippen LogP contribution < -0.4 is 5.32 Å². The lowest BCUT2D eigenvalue weighted by Gasteiger charge is -2.08. The molecule has 100 valence electrons. The third kappa shape index (κ3) is 3.45. The number of carbonyl (C=O) groups is 1. The zero-order chi connectivity index (χ0) is 13.7. The molecule has 1 aromatic carbocycles. The van der Waals surface area contributed by atoms with Crippen LogP contribution in [0.15, 0.2) is 42.6 Å². The van der Waals surface area contributed by atoms with Gasteiger partial charge in [-0.3, -0.25) is 4.79 Å². The van der Waals surface area contributed by atoms with E-state index in [1.54, 1.807) is 10.6 Å². The first-order valence-electron chi connectivity index (χ1n) is 6.33. The Labute approximate surface area is 112 Å². The van der Waals surface area contributed by atoms with Crippen molar-refractivity contribution < 1.29 is 9.90 Å². The molecule has 0 saturated carbocycles. The molecule has 0 fully saturated rings. The average Bonchev–Trinajstić information content (AvgIpc) is 2.83. The van der Waals surface area contributed by atoms with Crippen LogP contribution in [0.5, 0.6) is 0 Å². The van der Waals surface area contributed by atoms with Gasteiger partial charge in [0.05, 0.1) is 0 Å². The number of aliphatic hydroxyl groups excluding tert-OH is 1. The zero-order valence-corrected chi connectivity index (χ0v) is 11.0. The van der Waals surface area contributed by atoms with Crippen molar-refractivity contribution in [1.82, 2.24) is 4.57 Å². The highest BCUT2D eigenvalue weighted by molar-refractivity contribution is 6.03. The molecule has 0 saturated heterocycles. The summed E-state index contributed by atoms with van der Waals surface area (Å²) >= 11 is 0. The number of carbonyl (C=O) groups excluding carboxylic acids is 1. The third-order valence-corrected chi connectivity index (χ3v) is 2.98. The zero-order valence-electron chi connectivity index (χ0n) is 11.0. The predicted molar refractivity (Wildman–Crippen MR) is 75.2 cm³/mol. The summed E-state index contributed by atoms with van der Waals surface area (Å²) < 4.78 is 1.78. The SMILES string of the molecule is Cn1cccc1C(=O)Nc1cccc(CCCO)c1. The number of nitrogens with one attached hydrogen (secondary N) is 1. The molecule has 2 N–H and O–H groups in total. The Kier molecular flexibility index (Phi) is 4.36. The monoisotopic (exact) mass is 258 g/mol. The first-order valence-corrected chi connectivity index (χ1v) is 6.33. The number of hydrogen-bond donors (Lipinski definition) is 2. The summed E-state index contributed by atoms with van der Waals surface area (Å²) in [5.74, 6) is -0.119. The van der Waals surface area contributed by atoms with Crippen molar-refractivity contribution in [2.24, 2.45) is 7.05 Å². The van der Waals surface area contributed by atoms with Crippen LogP contribution in [0.2, 0.25) is 0 Å². The molecule has 4 heteroatoms. The highest BCUT2D eigenvalue weighted by atomic mass is 16.2. The molecule has 0 aliphatic heterocycles. The van der Waals surface area contributed by atoms with Crippen molar-refractivity contribution in [3.8, 4) is 0 Å². The molecule has 0 aliphatic rings. The van der Waals surface area contributed by atoms with Gasteiger partial charge in [0.2, 0.25) is 0 Å². The number of nitrogens with zero attached hydrogens (tertiary/aromatic N) is 1. The second kappa shape index (κ2) is 6.20. The maximum Gasteiger partial charge on any atom is 0.272 e. The fraction of sp³-hybridized carbons (Fsp3) is 0.267. The maximum absolute atomic E-state index is 12.0. The van der Waals surface area contributed by atoms with Gasteiger partial charge in [0, 0.05) is 25.5 Å². The topological polar surface area (TPSA) is 54.3 Å². The van der Waals surface area contributed by atoms with E-state index in [2.05, 4.69) is 5.32 Å². The van der Waals surface area contributed by atoms with Crippen LogP contribution >= 0.6 is 0 Å². The van der Waals surface area contributed by atoms with Crippen molar-refractivity contribution in [1.29, 1.82) is 0 Å². The van der Waals surface area contributed by atoms with E-state index in [4.69, 9.17) is 5.11 Å². The maximum atomic E-state index is 12.0. The lowest BCUT2D eigenvalue weighted by molar-refractivity contribution is 0.101. The van der Waals surface area contributed by atoms with E-state index < -0.39 is 0 Å². The largest absolute Gasteiger partial charge is 0.396 e. The van der Waals surface area contributed by atoms with E-state index in [0.29, 0.717) is 5.69 Å². The molecule has 0 unspecified atom stereocenters. The number of aryl methyl sites for hydroxylation is 2. The van der Waals surface area contributed by atoms with Crippen LogP contribution in [0.4, 0.5) is 5.69 Å². The molecule has 2 rings (SSSR count). The van der Waals surface area contributed by atoms with Crippen LogP contribution in [0.25, 0.3) is 0 Å². The Balaban J connectivity index is 2.07. The number of aliphatic hydroxyl groups is 1. The molecule has 1 heterocycles. The number of amides is 1. The highest BCUT2D eigenvalue weighted by Gasteiger charge is 2.08. The molecule has 1 aromatic heterocycles. The third-order valence-electron chi connectivity index (χ3n) is 2.98. The first kappa shape index (κ1) is 13.4. The van der Waals surface area contributed by atoms with Gasteiger partial charge in [-0.15, -0.1) is 0 Å². The van der Waals surface area contributed by atoms with E-state index in [-0.39, 0.29) is 12.5 Å². The molecule has 0 bridgehead atoms. The van der Waals surface area contributed by atoms with Gasteiger partial charge in [-0.1, -0.05) is 12.1 Å². The molecule has 0 radical (unpaired) electrons. The molecular formula is C15H18N2O2. The smallest absolute Gasteiger partial charge is 0.272 e. The van der Waals surface area contributed by atoms with Crippen molar-refractivity contribution in [2.75, 3.05) is 11.9 Å². The van der Waals surface area contributed by atoms with Crippen molar-refractivity contribution >= 4 is 11.6 Å². The summed E-state index contributed by atoms with van der Waals surface area (Å²) in [7, 11) is 1.84. The van der Waals surface area contributed by atoms with Gasteiger partial charge < -0.3 is 15.0 Å². The van der Waals surface area contributed by atoms with E-state index in [0.717, 1.165) is 24.1 Å². The van der Waals surface area contributed by atoms with Crippen LogP contribution in [0.1, 0.15) is 22.5 Å². The van der Waals surface area contributed by atoms with Gasteiger partial charge in [0.1, 0.15) is 5.69 Å². The first-order chi connectivity index (χ1) is 9.20. The second-order valence-electron chi connectivity index (χ2n) is 4.49. The van der Waals surface area contributed by atoms with Crippen LogP contribution in [0.3, 0.4) is 0 Å². The van der Waals surface area contributed by atoms with E-state index in [9.17, 15) is 4.79 Å². The van der Waals surface area contributed by atoms with Gasteiger partial charge in [-0.25, -0.2) is 0 Å². The summed E-state index contributed by atoms with van der Waals surface area (Å²) in [4.78, 5) is 12.0. The predicted octanol–water partition coefficient (Wildman–Crippen LogP) is 2.20. The summed E-state index contributed by atoms with van der Waals surface area (Å²) in [5, 5.41) is 11.7. The molecule has 1 amide bonds. The fourth-order valence-corrected chi connectivity index (χ4v) is 1.98. The quantitative estimate of drug-likeness (QED) is 0.864. The van der Waals surface area contributed by atoms with E-state index >= 15 is 0 Å². The molecule has 0 atom stereocenters. The molecular weight excluding hydrogens is 240 g/mol. The Hall–Kier alpha value is -2.07. The molecule has 2 aromatic rings. The minimum Gasteiger partial charge on any atom is -0.396 e. The minimum atomic E-state index is -0.119. The normalized spacial score (nSPS) is 10.4. The van der Waals surface area contributed by atoms with Crippen LogP contribution in [-0.2, 0) is 13.5 Å². The van der Waals surface area contributed by atoms with Crippen LogP contribution in [0, 0.1) is 0 Å². The van der Waals surface area contributed by atoms with Crippen molar-refractivity contribution in [3.63, 3.8) is 0 Å². The summed E-state index contributed by atoms with van der Waals surface area (Å²) in [6.45, 7) is 0.180. The fourth-order valence-electron chi connectivity index (χ4n) is 1.98. The van der Waals surface area contributed by atoms with Gasteiger partial charge >= 0.3 is 0 Å². The van der Waals surface area contributed by atoms with Crippen LogP contribution in [-0.4, -0.2) is 22.2 Å². The minimum absolute atomic E-state index is 0.119. The van der Waals surface area contributed by atoms with Crippen molar-refractivity contribution in [3.05, 3.63) is 53.9 Å². The summed E-state index contributed by atoms with van der Waals surface area (Å²) in [6.07, 6.45) is 3.38. The lowest BCUT2D eigenvalue weighted by atomic mass is 10.1. The average molecular weight is 258 g/mol. The Morgan fingerprint density at radius 1 is 1.32 bits per heavy atom. The number of rotatable bonds is 5. The Bertz CT molecular complexity index is 561. The number of aromatic nitrogens is 1. The number of hydrogen-bond acceptors (Lipinski definition) is 2. The lowest BCUT2D eigenvalue weighted by Crippen LogP contribution is -2.15. The molecule has 4 nitrogen and oxygen atoms in total. The van der Waals surface area contributed by atoms with Gasteiger partial charge in [0.25, 0.3) is 5.91 Å². The Morgan fingerprint density at radius 2 is 2.16 bits per heavy atom. The summed E-state index contributed by atoms with van der Waals surface area (Å²) in [5.41, 5.74) is 2.51. The standard InChI is InChI=1S/C15H18N2O2/c1-17-9-3-8-14(17)15(19)16-13-7-2-5-12(11-13)6-4-10-18/h2-3,5,7-9,11,18H,4,6,10H2,1H3,(H,16,19). The van der Waals surface area contributed by atoms with Crippen molar-refractivity contribution in [2.45, 2.75) is 12.8 Å². The van der Waals surface area contributed by atoms with E-state index in [1.807, 2.05) is 43.6 Å². The number of benzene rings is 1. The van der Waals surface area contributed by atoms with Gasteiger partial charge in [0.15, 0.2) is 0 Å². The Morgan fingerprint density at radius 3 is 2.84 bits per heavy atom. The van der Waals surface area contributed by atoms with E-state index in [1.165, 1.54) is 0 Å². The van der Waals surface area contributed by atoms with Gasteiger partial charge in [-0.2, -0.15) is 0 Å². The highest BCUT2D eigenvalue weighted by Crippen LogP contribution is 2.13.